The van der Waals surface area contributed by atoms with Crippen molar-refractivity contribution >= 4 is 11.6 Å². The first-order valence-electron chi connectivity index (χ1n) is 5.14. The number of aryl methyl sites for hydroxylation is 2. The number of aromatic hydroxyl groups is 1. The van der Waals surface area contributed by atoms with Crippen molar-refractivity contribution in [3.63, 3.8) is 0 Å². The average molecular weight is 233 g/mol. The van der Waals surface area contributed by atoms with E-state index in [-0.39, 0.29) is 5.75 Å². The van der Waals surface area contributed by atoms with Crippen LogP contribution in [0.5, 0.6) is 5.75 Å². The van der Waals surface area contributed by atoms with E-state index in [0.717, 1.165) is 16.7 Å². The van der Waals surface area contributed by atoms with E-state index in [9.17, 15) is 5.11 Å². The molecule has 2 aromatic rings. The molecule has 2 aromatic carbocycles. The summed E-state index contributed by atoms with van der Waals surface area (Å²) in [6.45, 7) is 3.90. The van der Waals surface area contributed by atoms with E-state index in [1.165, 1.54) is 5.56 Å². The van der Waals surface area contributed by atoms with Crippen LogP contribution in [0.2, 0.25) is 5.02 Å². The molecule has 0 aliphatic rings. The second kappa shape index (κ2) is 4.18. The van der Waals surface area contributed by atoms with Crippen molar-refractivity contribution in [2.75, 3.05) is 0 Å². The SMILES string of the molecule is Cc1ccc(-c2cc(C)c(O)c(Cl)c2)cc1. The maximum absolute atomic E-state index is 9.59. The summed E-state index contributed by atoms with van der Waals surface area (Å²) in [5.74, 6) is 0.164. The fourth-order valence-electron chi connectivity index (χ4n) is 1.65. The standard InChI is InChI=1S/C14H13ClO/c1-9-3-5-11(6-4-9)12-7-10(2)14(16)13(15)8-12/h3-8,16H,1-2H3. The van der Waals surface area contributed by atoms with E-state index in [0.29, 0.717) is 5.02 Å². The molecule has 2 heteroatoms. The highest BCUT2D eigenvalue weighted by atomic mass is 35.5. The van der Waals surface area contributed by atoms with Crippen LogP contribution in [0.1, 0.15) is 11.1 Å². The number of benzene rings is 2. The molecule has 0 aliphatic carbocycles. The van der Waals surface area contributed by atoms with Crippen molar-refractivity contribution in [3.05, 3.63) is 52.5 Å². The Hall–Kier alpha value is -1.47. The van der Waals surface area contributed by atoms with Crippen LogP contribution >= 0.6 is 11.6 Å². The molecule has 0 aromatic heterocycles. The molecular weight excluding hydrogens is 220 g/mol. The van der Waals surface area contributed by atoms with Gasteiger partial charge in [-0.1, -0.05) is 41.4 Å². The van der Waals surface area contributed by atoms with Crippen LogP contribution in [-0.2, 0) is 0 Å². The van der Waals surface area contributed by atoms with Gasteiger partial charge in [-0.15, -0.1) is 0 Å². The molecule has 0 unspecified atom stereocenters. The summed E-state index contributed by atoms with van der Waals surface area (Å²) >= 11 is 5.95. The van der Waals surface area contributed by atoms with Crippen molar-refractivity contribution in [3.8, 4) is 16.9 Å². The van der Waals surface area contributed by atoms with E-state index >= 15 is 0 Å². The zero-order valence-electron chi connectivity index (χ0n) is 9.29. The molecule has 16 heavy (non-hydrogen) atoms. The number of phenols is 1. The molecule has 0 spiro atoms. The Labute approximate surface area is 100 Å². The third kappa shape index (κ3) is 2.05. The van der Waals surface area contributed by atoms with Crippen LogP contribution in [0.3, 0.4) is 0 Å². The minimum Gasteiger partial charge on any atom is -0.506 e. The van der Waals surface area contributed by atoms with E-state index in [1.54, 1.807) is 6.07 Å². The van der Waals surface area contributed by atoms with Crippen molar-refractivity contribution in [1.29, 1.82) is 0 Å². The lowest BCUT2D eigenvalue weighted by Crippen LogP contribution is -1.82. The quantitative estimate of drug-likeness (QED) is 0.776. The van der Waals surface area contributed by atoms with Crippen molar-refractivity contribution in [1.82, 2.24) is 0 Å². The summed E-state index contributed by atoms with van der Waals surface area (Å²) in [6.07, 6.45) is 0. The number of rotatable bonds is 1. The third-order valence-electron chi connectivity index (χ3n) is 2.64. The van der Waals surface area contributed by atoms with Gasteiger partial charge in [-0.25, -0.2) is 0 Å². The van der Waals surface area contributed by atoms with Crippen molar-refractivity contribution in [2.45, 2.75) is 13.8 Å². The van der Waals surface area contributed by atoms with E-state index in [4.69, 9.17) is 11.6 Å². The lowest BCUT2D eigenvalue weighted by molar-refractivity contribution is 0.471. The maximum Gasteiger partial charge on any atom is 0.137 e. The zero-order valence-corrected chi connectivity index (χ0v) is 10.0. The summed E-state index contributed by atoms with van der Waals surface area (Å²) in [6, 6.07) is 12.0. The largest absolute Gasteiger partial charge is 0.506 e. The molecule has 82 valence electrons. The van der Waals surface area contributed by atoms with Crippen molar-refractivity contribution in [2.24, 2.45) is 0 Å². The molecule has 0 amide bonds. The highest BCUT2D eigenvalue weighted by molar-refractivity contribution is 6.32. The van der Waals surface area contributed by atoms with E-state index in [1.807, 2.05) is 13.0 Å². The van der Waals surface area contributed by atoms with Crippen LogP contribution < -0.4 is 0 Å². The fourth-order valence-corrected chi connectivity index (χ4v) is 1.92. The molecule has 0 aliphatic heterocycles. The number of phenolic OH excluding ortho intramolecular Hbond substituents is 1. The van der Waals surface area contributed by atoms with Crippen LogP contribution in [0.15, 0.2) is 36.4 Å². The molecule has 0 saturated carbocycles. The molecule has 0 saturated heterocycles. The van der Waals surface area contributed by atoms with Crippen LogP contribution in [0, 0.1) is 13.8 Å². The molecule has 1 nitrogen and oxygen atoms in total. The number of halogens is 1. The summed E-state index contributed by atoms with van der Waals surface area (Å²) < 4.78 is 0. The third-order valence-corrected chi connectivity index (χ3v) is 2.93. The van der Waals surface area contributed by atoms with Gasteiger partial charge in [0, 0.05) is 0 Å². The van der Waals surface area contributed by atoms with Gasteiger partial charge in [-0.05, 0) is 42.7 Å². The van der Waals surface area contributed by atoms with Gasteiger partial charge in [0.2, 0.25) is 0 Å². The monoisotopic (exact) mass is 232 g/mol. The van der Waals surface area contributed by atoms with Crippen LogP contribution in [-0.4, -0.2) is 5.11 Å². The topological polar surface area (TPSA) is 20.2 Å². The molecule has 2 rings (SSSR count). The van der Waals surface area contributed by atoms with Crippen LogP contribution in [0.4, 0.5) is 0 Å². The first-order chi connectivity index (χ1) is 7.58. The normalized spacial score (nSPS) is 10.4. The van der Waals surface area contributed by atoms with Gasteiger partial charge >= 0.3 is 0 Å². The highest BCUT2D eigenvalue weighted by Gasteiger charge is 2.06. The minimum absolute atomic E-state index is 0.164. The van der Waals surface area contributed by atoms with Gasteiger partial charge in [0.15, 0.2) is 0 Å². The van der Waals surface area contributed by atoms with Crippen LogP contribution in [0.25, 0.3) is 11.1 Å². The summed E-state index contributed by atoms with van der Waals surface area (Å²) in [4.78, 5) is 0. The number of hydrogen-bond acceptors (Lipinski definition) is 1. The molecular formula is C14H13ClO. The van der Waals surface area contributed by atoms with Gasteiger partial charge in [-0.3, -0.25) is 0 Å². The Bertz CT molecular complexity index is 492. The Morgan fingerprint density at radius 3 is 2.12 bits per heavy atom. The predicted molar refractivity (Wildman–Crippen MR) is 68.0 cm³/mol. The Morgan fingerprint density at radius 1 is 0.938 bits per heavy atom. The van der Waals surface area contributed by atoms with Gasteiger partial charge in [-0.2, -0.15) is 0 Å². The zero-order chi connectivity index (χ0) is 11.7. The second-order valence-corrected chi connectivity index (χ2v) is 4.40. The molecule has 1 N–H and O–H groups in total. The highest BCUT2D eigenvalue weighted by Crippen LogP contribution is 2.32. The summed E-state index contributed by atoms with van der Waals surface area (Å²) in [5, 5.41) is 9.99. The van der Waals surface area contributed by atoms with Crippen molar-refractivity contribution < 1.29 is 5.11 Å². The summed E-state index contributed by atoms with van der Waals surface area (Å²) in [7, 11) is 0. The Balaban J connectivity index is 2.52. The second-order valence-electron chi connectivity index (χ2n) is 3.99. The molecule has 0 heterocycles. The molecule has 0 atom stereocenters. The van der Waals surface area contributed by atoms with Gasteiger partial charge in [0.25, 0.3) is 0 Å². The summed E-state index contributed by atoms with van der Waals surface area (Å²) in [5.41, 5.74) is 4.16. The van der Waals surface area contributed by atoms with Gasteiger partial charge < -0.3 is 5.11 Å². The minimum atomic E-state index is 0.164. The first kappa shape index (κ1) is 11.0. The lowest BCUT2D eigenvalue weighted by Gasteiger charge is -2.07. The smallest absolute Gasteiger partial charge is 0.137 e. The van der Waals surface area contributed by atoms with E-state index < -0.39 is 0 Å². The fraction of sp³-hybridized carbons (Fsp3) is 0.143. The lowest BCUT2D eigenvalue weighted by atomic mass is 10.0. The molecule has 0 bridgehead atoms. The Kier molecular flexibility index (Phi) is 2.88. The molecule has 0 radical (unpaired) electrons. The first-order valence-corrected chi connectivity index (χ1v) is 5.52. The predicted octanol–water partition coefficient (Wildman–Crippen LogP) is 4.33. The van der Waals surface area contributed by atoms with Gasteiger partial charge in [0.1, 0.15) is 5.75 Å². The van der Waals surface area contributed by atoms with E-state index in [2.05, 4.69) is 31.2 Å². The maximum atomic E-state index is 9.59. The average Bonchev–Trinajstić information content (AvgIpc) is 2.26. The van der Waals surface area contributed by atoms with Gasteiger partial charge in [0.05, 0.1) is 5.02 Å². The number of hydrogen-bond donors (Lipinski definition) is 1. The molecule has 0 fully saturated rings. The Morgan fingerprint density at radius 2 is 1.56 bits per heavy atom.